The molecule has 1 aromatic rings. The zero-order valence-corrected chi connectivity index (χ0v) is 11.5. The summed E-state index contributed by atoms with van der Waals surface area (Å²) < 4.78 is 0. The van der Waals surface area contributed by atoms with Gasteiger partial charge in [-0.05, 0) is 32.9 Å². The average Bonchev–Trinajstić information content (AvgIpc) is 2.65. The molecule has 1 unspecified atom stereocenters. The lowest BCUT2D eigenvalue weighted by molar-refractivity contribution is -0.121. The van der Waals surface area contributed by atoms with E-state index >= 15 is 0 Å². The van der Waals surface area contributed by atoms with E-state index in [1.54, 1.807) is 6.92 Å². The number of rotatable bonds is 3. The van der Waals surface area contributed by atoms with E-state index < -0.39 is 5.41 Å². The molecule has 0 bridgehead atoms. The number of carbonyl (C=O) groups is 1. The predicted octanol–water partition coefficient (Wildman–Crippen LogP) is 2.44. The third-order valence-electron chi connectivity index (χ3n) is 3.55. The van der Waals surface area contributed by atoms with Crippen LogP contribution in [0.5, 0.6) is 0 Å². The highest BCUT2D eigenvalue weighted by Crippen LogP contribution is 2.33. The molecule has 100 valence electrons. The Morgan fingerprint density at radius 1 is 1.37 bits per heavy atom. The molecule has 1 aliphatic rings. The maximum Gasteiger partial charge on any atom is 0.264 e. The smallest absolute Gasteiger partial charge is 0.264 e. The predicted molar refractivity (Wildman–Crippen MR) is 75.3 cm³/mol. The van der Waals surface area contributed by atoms with E-state index in [1.165, 1.54) is 12.1 Å². The average molecular weight is 259 g/mol. The number of amides is 1. The number of benzene rings is 1. The first-order chi connectivity index (χ1) is 9.01. The van der Waals surface area contributed by atoms with Crippen molar-refractivity contribution in [1.82, 2.24) is 0 Å². The number of anilines is 1. The number of nitrogens with zero attached hydrogens (tertiary/aromatic N) is 3. The zero-order chi connectivity index (χ0) is 14.0. The van der Waals surface area contributed by atoms with E-state index in [1.807, 2.05) is 44.2 Å². The summed E-state index contributed by atoms with van der Waals surface area (Å²) in [7, 11) is 1.47. The minimum Gasteiger partial charge on any atom is -0.399 e. The van der Waals surface area contributed by atoms with Crippen molar-refractivity contribution in [3.63, 3.8) is 0 Å². The lowest BCUT2D eigenvalue weighted by Crippen LogP contribution is -2.42. The Balaban J connectivity index is 2.42. The first kappa shape index (κ1) is 13.3. The van der Waals surface area contributed by atoms with Gasteiger partial charge in [0, 0.05) is 0 Å². The molecule has 0 aromatic heterocycles. The largest absolute Gasteiger partial charge is 0.399 e. The van der Waals surface area contributed by atoms with Gasteiger partial charge in [0.25, 0.3) is 5.91 Å². The first-order valence-electron chi connectivity index (χ1n) is 6.05. The van der Waals surface area contributed by atoms with E-state index in [4.69, 9.17) is 4.84 Å². The molecule has 1 heterocycles. The van der Waals surface area contributed by atoms with Crippen LogP contribution in [-0.2, 0) is 9.63 Å². The van der Waals surface area contributed by atoms with Crippen molar-refractivity contribution in [2.45, 2.75) is 20.8 Å². The van der Waals surface area contributed by atoms with Gasteiger partial charge in [-0.2, -0.15) is 10.1 Å². The number of carbonyl (C=O) groups excluding carboxylic acids is 1. The molecule has 1 aliphatic heterocycles. The van der Waals surface area contributed by atoms with Crippen molar-refractivity contribution in [2.75, 3.05) is 12.1 Å². The topological polar surface area (TPSA) is 54.3 Å². The summed E-state index contributed by atoms with van der Waals surface area (Å²) in [5.74, 6) is -0.116. The molecule has 19 heavy (non-hydrogen) atoms. The monoisotopic (exact) mass is 259 g/mol. The second-order valence-electron chi connectivity index (χ2n) is 4.62. The fourth-order valence-corrected chi connectivity index (χ4v) is 2.05. The minimum absolute atomic E-state index is 0.116. The third-order valence-corrected chi connectivity index (χ3v) is 3.55. The van der Waals surface area contributed by atoms with Crippen LogP contribution in [0.1, 0.15) is 20.8 Å². The number of para-hydroxylation sites is 1. The lowest BCUT2D eigenvalue weighted by Gasteiger charge is -2.22. The van der Waals surface area contributed by atoms with Crippen molar-refractivity contribution in [1.29, 1.82) is 0 Å². The molecule has 0 saturated carbocycles. The Hall–Kier alpha value is -2.17. The van der Waals surface area contributed by atoms with Gasteiger partial charge in [-0.1, -0.05) is 23.4 Å². The van der Waals surface area contributed by atoms with Gasteiger partial charge in [-0.3, -0.25) is 4.79 Å². The molecule has 0 saturated heterocycles. The quantitative estimate of drug-likeness (QED) is 0.618. The summed E-state index contributed by atoms with van der Waals surface area (Å²) in [4.78, 5) is 17.4. The van der Waals surface area contributed by atoms with Crippen LogP contribution in [0.15, 0.2) is 40.6 Å². The van der Waals surface area contributed by atoms with Crippen LogP contribution in [0.3, 0.4) is 0 Å². The maximum absolute atomic E-state index is 12.6. The summed E-state index contributed by atoms with van der Waals surface area (Å²) in [6, 6.07) is 9.35. The van der Waals surface area contributed by atoms with Gasteiger partial charge in [0.05, 0.1) is 17.1 Å². The molecule has 5 nitrogen and oxygen atoms in total. The summed E-state index contributed by atoms with van der Waals surface area (Å²) in [5, 5.41) is 9.68. The van der Waals surface area contributed by atoms with E-state index in [0.29, 0.717) is 11.4 Å². The van der Waals surface area contributed by atoms with E-state index in [2.05, 4.69) is 10.3 Å². The highest BCUT2D eigenvalue weighted by atomic mass is 16.6. The zero-order valence-electron chi connectivity index (χ0n) is 11.5. The Bertz CT molecular complexity index is 551. The van der Waals surface area contributed by atoms with Gasteiger partial charge in [-0.15, -0.1) is 0 Å². The standard InChI is InChI=1S/C14H17N3O2/c1-10-14(3,11(2)16-19-4)13(18)17(15-10)12-8-6-5-7-9-12/h5-9H,1-4H3/b16-11+. The van der Waals surface area contributed by atoms with Gasteiger partial charge in [0.1, 0.15) is 12.5 Å². The van der Waals surface area contributed by atoms with Crippen LogP contribution in [0.25, 0.3) is 0 Å². The van der Waals surface area contributed by atoms with Gasteiger partial charge in [-0.25, -0.2) is 0 Å². The maximum atomic E-state index is 12.6. The van der Waals surface area contributed by atoms with E-state index in [-0.39, 0.29) is 5.91 Å². The molecule has 0 radical (unpaired) electrons. The molecule has 1 amide bonds. The summed E-state index contributed by atoms with van der Waals surface area (Å²) in [5.41, 5.74) is 1.21. The molecular weight excluding hydrogens is 242 g/mol. The fourth-order valence-electron chi connectivity index (χ4n) is 2.05. The van der Waals surface area contributed by atoms with Crippen molar-refractivity contribution in [2.24, 2.45) is 15.7 Å². The third kappa shape index (κ3) is 2.01. The van der Waals surface area contributed by atoms with Gasteiger partial charge in [0.2, 0.25) is 0 Å². The molecule has 0 spiro atoms. The Morgan fingerprint density at radius 3 is 2.58 bits per heavy atom. The Morgan fingerprint density at radius 2 is 2.00 bits per heavy atom. The lowest BCUT2D eigenvalue weighted by atomic mass is 9.81. The van der Waals surface area contributed by atoms with Crippen molar-refractivity contribution < 1.29 is 9.63 Å². The van der Waals surface area contributed by atoms with Crippen LogP contribution in [0.2, 0.25) is 0 Å². The Labute approximate surface area is 112 Å². The highest BCUT2D eigenvalue weighted by molar-refractivity contribution is 6.31. The second-order valence-corrected chi connectivity index (χ2v) is 4.62. The molecular formula is C14H17N3O2. The van der Waals surface area contributed by atoms with Crippen LogP contribution in [0.4, 0.5) is 5.69 Å². The number of oxime groups is 1. The first-order valence-corrected chi connectivity index (χ1v) is 6.05. The molecule has 0 fully saturated rings. The van der Waals surface area contributed by atoms with Crippen molar-refractivity contribution >= 4 is 23.0 Å². The summed E-state index contributed by atoms with van der Waals surface area (Å²) in [6.07, 6.45) is 0. The van der Waals surface area contributed by atoms with E-state index in [9.17, 15) is 4.79 Å². The van der Waals surface area contributed by atoms with Gasteiger partial charge >= 0.3 is 0 Å². The molecule has 0 aliphatic carbocycles. The molecule has 0 N–H and O–H groups in total. The SMILES string of the molecule is CO/N=C(\C)C1(C)C(=O)N(c2ccccc2)N=C1C. The second kappa shape index (κ2) is 4.84. The van der Waals surface area contributed by atoms with Crippen LogP contribution >= 0.6 is 0 Å². The Kier molecular flexibility index (Phi) is 3.38. The van der Waals surface area contributed by atoms with Crippen molar-refractivity contribution in [3.8, 4) is 0 Å². The minimum atomic E-state index is -0.841. The van der Waals surface area contributed by atoms with E-state index in [0.717, 1.165) is 5.69 Å². The van der Waals surface area contributed by atoms with Gasteiger partial charge < -0.3 is 4.84 Å². The van der Waals surface area contributed by atoms with Crippen LogP contribution in [0, 0.1) is 5.41 Å². The molecule has 1 aromatic carbocycles. The molecule has 5 heteroatoms. The molecule has 1 atom stereocenters. The van der Waals surface area contributed by atoms with Crippen LogP contribution < -0.4 is 5.01 Å². The number of hydrazone groups is 1. The number of hydrogen-bond acceptors (Lipinski definition) is 4. The summed E-state index contributed by atoms with van der Waals surface area (Å²) in [6.45, 7) is 5.42. The molecule has 2 rings (SSSR count). The highest BCUT2D eigenvalue weighted by Gasteiger charge is 2.48. The summed E-state index contributed by atoms with van der Waals surface area (Å²) >= 11 is 0. The fraction of sp³-hybridized carbons (Fsp3) is 0.357. The van der Waals surface area contributed by atoms with Crippen LogP contribution in [-0.4, -0.2) is 24.4 Å². The number of hydrogen-bond donors (Lipinski definition) is 0. The van der Waals surface area contributed by atoms with Gasteiger partial charge in [0.15, 0.2) is 0 Å². The van der Waals surface area contributed by atoms with Crippen molar-refractivity contribution in [3.05, 3.63) is 30.3 Å². The normalized spacial score (nSPS) is 23.6.